The second kappa shape index (κ2) is 6.20. The van der Waals surface area contributed by atoms with E-state index in [1.54, 1.807) is 6.92 Å². The van der Waals surface area contributed by atoms with Crippen LogP contribution in [0.15, 0.2) is 24.3 Å². The maximum Gasteiger partial charge on any atom is 1.00 e. The van der Waals surface area contributed by atoms with Crippen molar-refractivity contribution in [1.82, 2.24) is 0 Å². The van der Waals surface area contributed by atoms with Crippen LogP contribution in [0.3, 0.4) is 0 Å². The van der Waals surface area contributed by atoms with Crippen molar-refractivity contribution in [2.45, 2.75) is 13.3 Å². The van der Waals surface area contributed by atoms with Crippen LogP contribution in [0.4, 0.5) is 12.9 Å². The van der Waals surface area contributed by atoms with Gasteiger partial charge in [-0.2, -0.15) is 0 Å². The molecule has 0 saturated heterocycles. The maximum atomic E-state index is 12.2. The molecule has 0 bridgehead atoms. The van der Waals surface area contributed by atoms with E-state index in [-0.39, 0.29) is 57.2 Å². The van der Waals surface area contributed by atoms with E-state index in [4.69, 9.17) is 0 Å². The van der Waals surface area contributed by atoms with Crippen LogP contribution in [0.5, 0.6) is 0 Å². The first-order valence-electron chi connectivity index (χ1n) is 4.28. The molecule has 1 rings (SSSR count). The summed E-state index contributed by atoms with van der Waals surface area (Å²) in [5, 5.41) is 0. The van der Waals surface area contributed by atoms with Crippen molar-refractivity contribution in [2.75, 3.05) is 0 Å². The Kier molecular flexibility index (Phi) is 6.36. The van der Waals surface area contributed by atoms with Gasteiger partial charge in [0.15, 0.2) is 5.78 Å². The molecule has 0 unspecified atom stereocenters. The minimum atomic E-state index is -4.96. The first-order chi connectivity index (χ1) is 6.45. The molecule has 0 aromatic heterocycles. The molecule has 6 heteroatoms. The van der Waals surface area contributed by atoms with Gasteiger partial charge in [-0.1, -0.05) is 31.2 Å². The number of carbonyl (C=O) groups is 1. The Labute approximate surface area is 129 Å². The topological polar surface area (TPSA) is 17.1 Å². The van der Waals surface area contributed by atoms with Crippen molar-refractivity contribution in [1.29, 1.82) is 0 Å². The number of benzene rings is 1. The predicted molar refractivity (Wildman–Crippen MR) is 49.8 cm³/mol. The zero-order chi connectivity index (χ0) is 10.8. The van der Waals surface area contributed by atoms with Crippen molar-refractivity contribution in [3.63, 3.8) is 0 Å². The Morgan fingerprint density at radius 3 is 2.00 bits per heavy atom. The molecule has 76 valence electrons. The molecule has 0 aliphatic carbocycles. The third-order valence-corrected chi connectivity index (χ3v) is 1.93. The summed E-state index contributed by atoms with van der Waals surface area (Å²) >= 11 is 0. The average molecular weight is 240 g/mol. The average Bonchev–Trinajstić information content (AvgIpc) is 2.15. The van der Waals surface area contributed by atoms with Gasteiger partial charge in [0.2, 0.25) is 0 Å². The van der Waals surface area contributed by atoms with Gasteiger partial charge in [0.25, 0.3) is 0 Å². The van der Waals surface area contributed by atoms with Crippen molar-refractivity contribution >= 4 is 18.2 Å². The minimum absolute atomic E-state index is 0. The monoisotopic (exact) mass is 240 g/mol. The minimum Gasteiger partial charge on any atom is -0.445 e. The first-order valence-corrected chi connectivity index (χ1v) is 4.28. The molecule has 15 heavy (non-hydrogen) atoms. The zero-order valence-corrected chi connectivity index (χ0v) is 11.8. The van der Waals surface area contributed by atoms with Crippen LogP contribution in [0, 0.1) is 0 Å². The molecule has 1 aromatic rings. The van der Waals surface area contributed by atoms with Crippen LogP contribution >= 0.6 is 0 Å². The third kappa shape index (κ3) is 4.40. The van der Waals surface area contributed by atoms with E-state index in [1.807, 2.05) is 0 Å². The Hall–Kier alpha value is 0.381. The van der Waals surface area contributed by atoms with E-state index in [1.165, 1.54) is 12.1 Å². The molecule has 0 atom stereocenters. The molecule has 0 N–H and O–H groups in total. The fourth-order valence-electron chi connectivity index (χ4n) is 1.09. The van der Waals surface area contributed by atoms with Crippen LogP contribution in [0.25, 0.3) is 0 Å². The van der Waals surface area contributed by atoms with Gasteiger partial charge in [0, 0.05) is 12.0 Å². The summed E-state index contributed by atoms with van der Waals surface area (Å²) in [6.07, 6.45) is 0.302. The Bertz CT molecular complexity index is 334. The molecule has 1 aromatic carbocycles. The van der Waals surface area contributed by atoms with Crippen LogP contribution < -0.4 is 56.8 Å². The zero-order valence-electron chi connectivity index (χ0n) is 8.64. The van der Waals surface area contributed by atoms with Gasteiger partial charge >= 0.3 is 58.4 Å². The van der Waals surface area contributed by atoms with Crippen LogP contribution in [0.2, 0.25) is 0 Å². The van der Waals surface area contributed by atoms with Gasteiger partial charge < -0.3 is 12.9 Å². The third-order valence-electron chi connectivity index (χ3n) is 1.93. The molecule has 0 heterocycles. The predicted octanol–water partition coefficient (Wildman–Crippen LogP) is -0.662. The molecule has 0 saturated carbocycles. The molecule has 1 nitrogen and oxygen atoms in total. The fourth-order valence-corrected chi connectivity index (χ4v) is 1.09. The first kappa shape index (κ1) is 15.4. The smallest absolute Gasteiger partial charge is 0.445 e. The number of hydrogen-bond acceptors (Lipinski definition) is 1. The van der Waals surface area contributed by atoms with Gasteiger partial charge in [-0.15, -0.1) is 5.46 Å². The maximum absolute atomic E-state index is 12.2. The van der Waals surface area contributed by atoms with Crippen molar-refractivity contribution in [3.05, 3.63) is 29.8 Å². The number of hydrogen-bond donors (Lipinski definition) is 0. The summed E-state index contributed by atoms with van der Waals surface area (Å²) in [6.45, 7) is -3.29. The van der Waals surface area contributed by atoms with E-state index in [0.717, 1.165) is 12.1 Å². The van der Waals surface area contributed by atoms with E-state index < -0.39 is 12.4 Å². The van der Waals surface area contributed by atoms with Gasteiger partial charge in [-0.3, -0.25) is 4.79 Å². The van der Waals surface area contributed by atoms with Gasteiger partial charge in [-0.05, 0) is 0 Å². The quantitative estimate of drug-likeness (QED) is 0.506. The van der Waals surface area contributed by atoms with Crippen LogP contribution in [-0.2, 0) is 0 Å². The molecular formula is C9H9BF3KO. The largest absolute Gasteiger partial charge is 1.00 e. The van der Waals surface area contributed by atoms with Crippen molar-refractivity contribution < 1.29 is 69.1 Å². The molecule has 0 aliphatic rings. The van der Waals surface area contributed by atoms with Crippen molar-refractivity contribution in [3.8, 4) is 0 Å². The van der Waals surface area contributed by atoms with E-state index >= 15 is 0 Å². The molecule has 0 spiro atoms. The molecule has 0 radical (unpaired) electrons. The second-order valence-electron chi connectivity index (χ2n) is 2.97. The van der Waals surface area contributed by atoms with E-state index in [9.17, 15) is 17.7 Å². The van der Waals surface area contributed by atoms with Gasteiger partial charge in [0.1, 0.15) is 0 Å². The second-order valence-corrected chi connectivity index (χ2v) is 2.97. The van der Waals surface area contributed by atoms with Crippen LogP contribution in [-0.4, -0.2) is 12.8 Å². The fraction of sp³-hybridized carbons (Fsp3) is 0.222. The number of ketones is 1. The molecule has 0 amide bonds. The Morgan fingerprint density at radius 1 is 1.20 bits per heavy atom. The normalized spacial score (nSPS) is 10.7. The summed E-state index contributed by atoms with van der Waals surface area (Å²) < 4.78 is 36.5. The summed E-state index contributed by atoms with van der Waals surface area (Å²) in [7, 11) is 0. The summed E-state index contributed by atoms with van der Waals surface area (Å²) in [5.74, 6) is -0.147. The van der Waals surface area contributed by atoms with E-state index in [2.05, 4.69) is 0 Å². The summed E-state index contributed by atoms with van der Waals surface area (Å²) in [6, 6.07) is 4.33. The van der Waals surface area contributed by atoms with Crippen LogP contribution in [0.1, 0.15) is 23.7 Å². The molecule has 0 aliphatic heterocycles. The number of Topliss-reactive ketones (excluding diaryl/α,β-unsaturated/α-hetero) is 1. The Morgan fingerprint density at radius 2 is 1.67 bits per heavy atom. The molecule has 0 fully saturated rings. The number of carbonyl (C=O) groups excluding carboxylic acids is 1. The number of halogens is 3. The SMILES string of the molecule is CCC(=O)c1ccc([B-](F)(F)F)cc1.[K+]. The van der Waals surface area contributed by atoms with E-state index in [0.29, 0.717) is 12.0 Å². The van der Waals surface area contributed by atoms with Crippen molar-refractivity contribution in [2.24, 2.45) is 0 Å². The summed E-state index contributed by atoms with van der Waals surface area (Å²) in [5.41, 5.74) is -0.339. The van der Waals surface area contributed by atoms with Gasteiger partial charge in [-0.25, -0.2) is 0 Å². The summed E-state index contributed by atoms with van der Waals surface area (Å²) in [4.78, 5) is 11.1. The Balaban J connectivity index is 0.00000196. The standard InChI is InChI=1S/C9H9BF3O.K/c1-2-9(14)7-3-5-8(6-4-7)10(11,12)13;/h3-6H,2H2,1H3;/q-1;+1. The number of rotatable bonds is 3. The molecular weight excluding hydrogens is 231 g/mol. The van der Waals surface area contributed by atoms with Gasteiger partial charge in [0.05, 0.1) is 0 Å².